The van der Waals surface area contributed by atoms with Gasteiger partial charge >= 0.3 is 0 Å². The van der Waals surface area contributed by atoms with E-state index in [1.807, 2.05) is 36.1 Å². The van der Waals surface area contributed by atoms with Crippen LogP contribution in [0.5, 0.6) is 0 Å². The molecule has 1 aromatic carbocycles. The van der Waals surface area contributed by atoms with Gasteiger partial charge < -0.3 is 9.42 Å². The van der Waals surface area contributed by atoms with Crippen molar-refractivity contribution in [1.82, 2.24) is 5.16 Å². The summed E-state index contributed by atoms with van der Waals surface area (Å²) in [4.78, 5) is 16.0. The predicted octanol–water partition coefficient (Wildman–Crippen LogP) is 1.08. The Kier molecular flexibility index (Phi) is 2.82. The number of hydrogen-bond donors (Lipinski definition) is 1. The van der Waals surface area contributed by atoms with Crippen molar-refractivity contribution in [3.8, 4) is 0 Å². The molecule has 3 heterocycles. The quantitative estimate of drug-likeness (QED) is 0.897. The number of hydrogen-bond acceptors (Lipinski definition) is 3. The van der Waals surface area contributed by atoms with Crippen molar-refractivity contribution in [3.05, 3.63) is 47.7 Å². The Bertz CT molecular complexity index is 667. The van der Waals surface area contributed by atoms with Gasteiger partial charge in [-0.3, -0.25) is 4.79 Å². The van der Waals surface area contributed by atoms with E-state index in [1.54, 1.807) is 0 Å². The Morgan fingerprint density at radius 1 is 1.33 bits per heavy atom. The molecule has 2 fully saturated rings. The Labute approximate surface area is 123 Å². The largest absolute Gasteiger partial charge is 0.360 e. The first-order valence-corrected chi connectivity index (χ1v) is 7.42. The van der Waals surface area contributed by atoms with Gasteiger partial charge in [0.15, 0.2) is 18.0 Å². The number of quaternary nitrogens is 1. The normalized spacial score (nSPS) is 28.1. The van der Waals surface area contributed by atoms with Gasteiger partial charge in [-0.15, -0.1) is 0 Å². The van der Waals surface area contributed by atoms with Crippen molar-refractivity contribution in [2.45, 2.75) is 32.0 Å². The van der Waals surface area contributed by atoms with Gasteiger partial charge in [0, 0.05) is 24.5 Å². The van der Waals surface area contributed by atoms with E-state index in [0.29, 0.717) is 5.82 Å². The van der Waals surface area contributed by atoms with Crippen LogP contribution >= 0.6 is 0 Å². The monoisotopic (exact) mass is 284 g/mol. The molecule has 0 saturated carbocycles. The fourth-order valence-electron chi connectivity index (χ4n) is 3.65. The highest BCUT2D eigenvalue weighted by Crippen LogP contribution is 2.30. The molecule has 1 N–H and O–H groups in total. The maximum Gasteiger partial charge on any atom is 0.291 e. The number of aromatic nitrogens is 1. The van der Waals surface area contributed by atoms with Gasteiger partial charge in [0.25, 0.3) is 5.91 Å². The number of fused-ring (bicyclic) bond motifs is 1. The molecule has 4 rings (SSSR count). The van der Waals surface area contributed by atoms with Gasteiger partial charge in [-0.05, 0) is 6.92 Å². The van der Waals surface area contributed by atoms with E-state index >= 15 is 0 Å². The van der Waals surface area contributed by atoms with Crippen LogP contribution in [0.15, 0.2) is 40.9 Å². The smallest absolute Gasteiger partial charge is 0.291 e. The van der Waals surface area contributed by atoms with Crippen LogP contribution in [0.25, 0.3) is 0 Å². The van der Waals surface area contributed by atoms with Crippen molar-refractivity contribution in [3.63, 3.8) is 0 Å². The average molecular weight is 284 g/mol. The van der Waals surface area contributed by atoms with Crippen LogP contribution in [0.4, 0.5) is 5.82 Å². The number of aryl methyl sites for hydroxylation is 1. The summed E-state index contributed by atoms with van der Waals surface area (Å²) >= 11 is 0. The molecular formula is C16H18N3O2+. The van der Waals surface area contributed by atoms with Crippen LogP contribution in [0, 0.1) is 6.92 Å². The molecule has 1 amide bonds. The molecule has 2 aromatic rings. The molecule has 3 atom stereocenters. The third kappa shape index (κ3) is 1.88. The van der Waals surface area contributed by atoms with E-state index in [-0.39, 0.29) is 18.1 Å². The second-order valence-electron chi connectivity index (χ2n) is 5.84. The lowest BCUT2D eigenvalue weighted by Crippen LogP contribution is -3.12. The van der Waals surface area contributed by atoms with Crippen molar-refractivity contribution in [2.24, 2.45) is 0 Å². The second-order valence-corrected chi connectivity index (χ2v) is 5.84. The van der Waals surface area contributed by atoms with E-state index in [4.69, 9.17) is 4.52 Å². The Balaban J connectivity index is 1.81. The van der Waals surface area contributed by atoms with Crippen LogP contribution in [0.3, 0.4) is 0 Å². The molecule has 21 heavy (non-hydrogen) atoms. The van der Waals surface area contributed by atoms with E-state index in [9.17, 15) is 4.79 Å². The van der Waals surface area contributed by atoms with Crippen molar-refractivity contribution < 1.29 is 14.2 Å². The molecule has 1 aromatic heterocycles. The summed E-state index contributed by atoms with van der Waals surface area (Å²) in [5, 5.41) is 4.07. The maximum absolute atomic E-state index is 12.8. The summed E-state index contributed by atoms with van der Waals surface area (Å²) in [7, 11) is 0. The minimum absolute atomic E-state index is 0.00991. The number of amides is 1. The zero-order chi connectivity index (χ0) is 14.4. The first-order chi connectivity index (χ1) is 10.3. The number of rotatable bonds is 2. The van der Waals surface area contributed by atoms with Crippen LogP contribution in [-0.2, 0) is 4.79 Å². The van der Waals surface area contributed by atoms with Gasteiger partial charge in [-0.2, -0.15) is 0 Å². The van der Waals surface area contributed by atoms with E-state index in [2.05, 4.69) is 17.3 Å². The Morgan fingerprint density at radius 2 is 2.14 bits per heavy atom. The molecule has 5 nitrogen and oxygen atoms in total. The lowest BCUT2D eigenvalue weighted by Gasteiger charge is -2.24. The van der Waals surface area contributed by atoms with Gasteiger partial charge in [-0.25, -0.2) is 4.90 Å². The predicted molar refractivity (Wildman–Crippen MR) is 76.8 cm³/mol. The van der Waals surface area contributed by atoms with Gasteiger partial charge in [0.2, 0.25) is 0 Å². The number of nitrogens with zero attached hydrogens (tertiary/aromatic N) is 2. The third-order valence-corrected chi connectivity index (χ3v) is 4.53. The van der Waals surface area contributed by atoms with Gasteiger partial charge in [0.05, 0.1) is 6.54 Å². The van der Waals surface area contributed by atoms with Gasteiger partial charge in [-0.1, -0.05) is 35.5 Å². The maximum atomic E-state index is 12.8. The lowest BCUT2D eigenvalue weighted by molar-refractivity contribution is -0.924. The zero-order valence-corrected chi connectivity index (χ0v) is 12.0. The van der Waals surface area contributed by atoms with Crippen LogP contribution in [0.2, 0.25) is 0 Å². The molecule has 108 valence electrons. The number of carbonyl (C=O) groups is 1. The van der Waals surface area contributed by atoms with Crippen LogP contribution in [0.1, 0.15) is 30.3 Å². The average Bonchev–Trinajstić information content (AvgIpc) is 3.18. The molecule has 0 radical (unpaired) electrons. The SMILES string of the molecule is Cc1cc(N2C(=O)C3CCC[NH+]3C2c2ccccc2)no1. The minimum Gasteiger partial charge on any atom is -0.360 e. The topological polar surface area (TPSA) is 50.8 Å². The summed E-state index contributed by atoms with van der Waals surface area (Å²) < 4.78 is 5.18. The first-order valence-electron chi connectivity index (χ1n) is 7.42. The summed E-state index contributed by atoms with van der Waals surface area (Å²) in [5.74, 6) is 1.53. The fourth-order valence-corrected chi connectivity index (χ4v) is 3.65. The summed E-state index contributed by atoms with van der Waals surface area (Å²) in [6, 6.07) is 12.1. The van der Waals surface area contributed by atoms with Gasteiger partial charge in [0.1, 0.15) is 5.76 Å². The van der Waals surface area contributed by atoms with Crippen molar-refractivity contribution in [2.75, 3.05) is 11.4 Å². The zero-order valence-electron chi connectivity index (χ0n) is 12.0. The number of anilines is 1. The van der Waals surface area contributed by atoms with E-state index in [1.165, 1.54) is 4.90 Å². The van der Waals surface area contributed by atoms with Crippen LogP contribution in [-0.4, -0.2) is 23.7 Å². The summed E-state index contributed by atoms with van der Waals surface area (Å²) in [5.41, 5.74) is 1.16. The molecular weight excluding hydrogens is 266 g/mol. The number of nitrogens with one attached hydrogen (secondary N) is 1. The van der Waals surface area contributed by atoms with E-state index < -0.39 is 0 Å². The van der Waals surface area contributed by atoms with Crippen molar-refractivity contribution in [1.29, 1.82) is 0 Å². The molecule has 0 aliphatic carbocycles. The first kappa shape index (κ1) is 12.6. The highest BCUT2D eigenvalue weighted by atomic mass is 16.5. The summed E-state index contributed by atoms with van der Waals surface area (Å²) in [6.45, 7) is 2.88. The molecule has 0 bridgehead atoms. The standard InChI is InChI=1S/C16H17N3O2/c1-11-10-14(17-21-11)19-15(12-6-3-2-4-7-12)18-9-5-8-13(18)16(19)20/h2-4,6-7,10,13,15H,5,8-9H2,1H3/p+1. The molecule has 3 unspecified atom stereocenters. The highest BCUT2D eigenvalue weighted by molar-refractivity contribution is 5.97. The molecule has 0 spiro atoms. The highest BCUT2D eigenvalue weighted by Gasteiger charge is 2.54. The Hall–Kier alpha value is -2.14. The molecule has 2 aliphatic heterocycles. The molecule has 5 heteroatoms. The Morgan fingerprint density at radius 3 is 2.86 bits per heavy atom. The molecule has 2 saturated heterocycles. The third-order valence-electron chi connectivity index (χ3n) is 4.53. The van der Waals surface area contributed by atoms with Crippen LogP contribution < -0.4 is 9.80 Å². The molecule has 2 aliphatic rings. The van der Waals surface area contributed by atoms with E-state index in [0.717, 1.165) is 30.7 Å². The number of benzene rings is 1. The van der Waals surface area contributed by atoms with Crippen molar-refractivity contribution >= 4 is 11.7 Å². The lowest BCUT2D eigenvalue weighted by atomic mass is 10.1. The fraction of sp³-hybridized carbons (Fsp3) is 0.375. The minimum atomic E-state index is 0.00991. The second kappa shape index (κ2) is 4.70. The number of carbonyl (C=O) groups excluding carboxylic acids is 1. The summed E-state index contributed by atoms with van der Waals surface area (Å²) in [6.07, 6.45) is 2.08.